The monoisotopic (exact) mass is 437 g/mol. The maximum Gasteiger partial charge on any atom is 0.244 e. The lowest BCUT2D eigenvalue weighted by Crippen LogP contribution is -2.48. The summed E-state index contributed by atoms with van der Waals surface area (Å²) in [6.07, 6.45) is 1.08. The van der Waals surface area contributed by atoms with Crippen LogP contribution in [0.4, 0.5) is 0 Å². The number of piperidine rings is 1. The van der Waals surface area contributed by atoms with Crippen molar-refractivity contribution in [1.82, 2.24) is 4.31 Å². The third kappa shape index (κ3) is 3.38. The van der Waals surface area contributed by atoms with Crippen LogP contribution in [0.2, 0.25) is 0 Å². The number of rotatable bonds is 2. The van der Waals surface area contributed by atoms with E-state index in [1.165, 1.54) is 0 Å². The molecule has 1 aliphatic heterocycles. The lowest BCUT2D eigenvalue weighted by atomic mass is 9.88. The molecule has 1 aromatic carbocycles. The Morgan fingerprint density at radius 3 is 2.38 bits per heavy atom. The standard InChI is InChI=1S/C15H21Br2NO2S/c1-9-5-10(2)12(4)18(8-9)21(19,20)15-7-13(16)11(3)6-14(15)17/h6-7,9-10,12H,5,8H2,1-4H3. The van der Waals surface area contributed by atoms with Crippen LogP contribution in [-0.4, -0.2) is 25.3 Å². The first-order valence-electron chi connectivity index (χ1n) is 7.12. The molecule has 3 nitrogen and oxygen atoms in total. The molecule has 0 saturated carbocycles. The van der Waals surface area contributed by atoms with Crippen LogP contribution >= 0.6 is 31.9 Å². The number of hydrogen-bond donors (Lipinski definition) is 0. The smallest absolute Gasteiger partial charge is 0.207 e. The van der Waals surface area contributed by atoms with E-state index in [9.17, 15) is 8.42 Å². The average Bonchev–Trinajstić information content (AvgIpc) is 2.37. The van der Waals surface area contributed by atoms with Crippen molar-refractivity contribution in [2.75, 3.05) is 6.54 Å². The van der Waals surface area contributed by atoms with E-state index in [4.69, 9.17) is 0 Å². The molecule has 0 bridgehead atoms. The van der Waals surface area contributed by atoms with Crippen molar-refractivity contribution in [3.63, 3.8) is 0 Å². The number of sulfonamides is 1. The summed E-state index contributed by atoms with van der Waals surface area (Å²) in [7, 11) is -3.49. The lowest BCUT2D eigenvalue weighted by molar-refractivity contribution is 0.157. The van der Waals surface area contributed by atoms with Gasteiger partial charge >= 0.3 is 0 Å². The van der Waals surface area contributed by atoms with Crippen LogP contribution in [0.25, 0.3) is 0 Å². The van der Waals surface area contributed by atoms with Gasteiger partial charge in [-0.05, 0) is 65.7 Å². The van der Waals surface area contributed by atoms with Crippen LogP contribution in [0.15, 0.2) is 26.0 Å². The molecular weight excluding hydrogens is 418 g/mol. The molecule has 0 aliphatic carbocycles. The summed E-state index contributed by atoms with van der Waals surface area (Å²) in [6.45, 7) is 8.78. The van der Waals surface area contributed by atoms with E-state index >= 15 is 0 Å². The highest BCUT2D eigenvalue weighted by Gasteiger charge is 2.38. The SMILES string of the molecule is Cc1cc(Br)c(S(=O)(=O)N2CC(C)CC(C)C2C)cc1Br. The molecule has 21 heavy (non-hydrogen) atoms. The molecule has 6 heteroatoms. The summed E-state index contributed by atoms with van der Waals surface area (Å²) in [5, 5.41) is 0. The van der Waals surface area contributed by atoms with Crippen molar-refractivity contribution in [1.29, 1.82) is 0 Å². The minimum absolute atomic E-state index is 0.0261. The van der Waals surface area contributed by atoms with Crippen LogP contribution in [-0.2, 0) is 10.0 Å². The van der Waals surface area contributed by atoms with Gasteiger partial charge in [0.05, 0.1) is 4.90 Å². The molecule has 0 radical (unpaired) electrons. The topological polar surface area (TPSA) is 37.4 Å². The number of benzene rings is 1. The van der Waals surface area contributed by atoms with Crippen LogP contribution in [0.3, 0.4) is 0 Å². The van der Waals surface area contributed by atoms with E-state index < -0.39 is 10.0 Å². The second-order valence-corrected chi connectivity index (χ2v) is 9.73. The molecule has 3 unspecified atom stereocenters. The van der Waals surface area contributed by atoms with Gasteiger partial charge in [0.25, 0.3) is 0 Å². The Balaban J connectivity index is 2.49. The van der Waals surface area contributed by atoms with Crippen LogP contribution in [0.1, 0.15) is 32.8 Å². The first-order valence-corrected chi connectivity index (χ1v) is 10.1. The highest BCUT2D eigenvalue weighted by molar-refractivity contribution is 9.11. The fourth-order valence-electron chi connectivity index (χ4n) is 2.93. The summed E-state index contributed by atoms with van der Waals surface area (Å²) >= 11 is 6.84. The number of aryl methyl sites for hydroxylation is 1. The van der Waals surface area contributed by atoms with Gasteiger partial charge in [0.2, 0.25) is 10.0 Å². The number of hydrogen-bond acceptors (Lipinski definition) is 2. The molecule has 118 valence electrons. The van der Waals surface area contributed by atoms with Gasteiger partial charge in [-0.3, -0.25) is 0 Å². The van der Waals surface area contributed by atoms with Gasteiger partial charge in [-0.1, -0.05) is 29.8 Å². The van der Waals surface area contributed by atoms with E-state index in [0.29, 0.717) is 27.7 Å². The number of halogens is 2. The molecule has 2 rings (SSSR count). The molecule has 1 heterocycles. The first kappa shape index (κ1) is 17.4. The van der Waals surface area contributed by atoms with Gasteiger partial charge in [0.15, 0.2) is 0 Å². The summed E-state index contributed by atoms with van der Waals surface area (Å²) in [6, 6.07) is 3.57. The zero-order valence-corrected chi connectivity index (χ0v) is 16.7. The van der Waals surface area contributed by atoms with E-state index in [1.807, 2.05) is 19.9 Å². The first-order chi connectivity index (χ1) is 9.64. The summed E-state index contributed by atoms with van der Waals surface area (Å²) in [5.41, 5.74) is 1.01. The maximum atomic E-state index is 13.0. The summed E-state index contributed by atoms with van der Waals surface area (Å²) in [5.74, 6) is 0.759. The van der Waals surface area contributed by atoms with Crippen LogP contribution < -0.4 is 0 Å². The number of nitrogens with zero attached hydrogens (tertiary/aromatic N) is 1. The molecule has 1 aliphatic rings. The van der Waals surface area contributed by atoms with Gasteiger partial charge in [0.1, 0.15) is 0 Å². The van der Waals surface area contributed by atoms with Crippen molar-refractivity contribution in [2.24, 2.45) is 11.8 Å². The van der Waals surface area contributed by atoms with E-state index in [0.717, 1.165) is 16.5 Å². The Hall–Kier alpha value is 0.0900. The zero-order chi connectivity index (χ0) is 15.9. The summed E-state index contributed by atoms with van der Waals surface area (Å²) in [4.78, 5) is 0.341. The zero-order valence-electron chi connectivity index (χ0n) is 12.7. The predicted molar refractivity (Wildman–Crippen MR) is 92.9 cm³/mol. The maximum absolute atomic E-state index is 13.0. The fourth-order valence-corrected chi connectivity index (χ4v) is 6.42. The second-order valence-electron chi connectivity index (χ2n) is 6.17. The minimum Gasteiger partial charge on any atom is -0.207 e. The molecule has 0 aromatic heterocycles. The van der Waals surface area contributed by atoms with Crippen LogP contribution in [0, 0.1) is 18.8 Å². The third-order valence-electron chi connectivity index (χ3n) is 4.34. The van der Waals surface area contributed by atoms with Gasteiger partial charge in [-0.25, -0.2) is 8.42 Å². The molecule has 1 fully saturated rings. The molecule has 1 saturated heterocycles. The van der Waals surface area contributed by atoms with Crippen molar-refractivity contribution in [2.45, 2.75) is 45.1 Å². The molecule has 0 spiro atoms. The fraction of sp³-hybridized carbons (Fsp3) is 0.600. The molecule has 0 amide bonds. The second kappa shape index (κ2) is 6.30. The normalized spacial score (nSPS) is 27.8. The minimum atomic E-state index is -3.49. The molecule has 1 aromatic rings. The Bertz CT molecular complexity index is 645. The molecule has 0 N–H and O–H groups in total. The van der Waals surface area contributed by atoms with Crippen LogP contribution in [0.5, 0.6) is 0 Å². The van der Waals surface area contributed by atoms with Crippen molar-refractivity contribution in [3.05, 3.63) is 26.6 Å². The predicted octanol–water partition coefficient (Wildman–Crippen LogP) is 4.58. The average molecular weight is 439 g/mol. The Labute approximate surface area is 144 Å². The van der Waals surface area contributed by atoms with Gasteiger partial charge in [-0.2, -0.15) is 4.31 Å². The quantitative estimate of drug-likeness (QED) is 0.677. The third-order valence-corrected chi connectivity index (χ3v) is 8.11. The summed E-state index contributed by atoms with van der Waals surface area (Å²) < 4.78 is 29.2. The van der Waals surface area contributed by atoms with E-state index in [1.54, 1.807) is 10.4 Å². The highest BCUT2D eigenvalue weighted by Crippen LogP contribution is 2.35. The molecular formula is C15H21Br2NO2S. The van der Waals surface area contributed by atoms with Gasteiger partial charge in [-0.15, -0.1) is 0 Å². The Morgan fingerprint density at radius 1 is 1.14 bits per heavy atom. The van der Waals surface area contributed by atoms with Crippen molar-refractivity contribution >= 4 is 41.9 Å². The van der Waals surface area contributed by atoms with E-state index in [-0.39, 0.29) is 6.04 Å². The highest BCUT2D eigenvalue weighted by atomic mass is 79.9. The Morgan fingerprint density at radius 2 is 1.76 bits per heavy atom. The van der Waals surface area contributed by atoms with E-state index in [2.05, 4.69) is 45.7 Å². The van der Waals surface area contributed by atoms with Crippen molar-refractivity contribution in [3.8, 4) is 0 Å². The lowest BCUT2D eigenvalue weighted by Gasteiger charge is -2.40. The largest absolute Gasteiger partial charge is 0.244 e. The Kier molecular flexibility index (Phi) is 5.23. The van der Waals surface area contributed by atoms with Crippen molar-refractivity contribution < 1.29 is 8.42 Å². The molecule has 3 atom stereocenters. The van der Waals surface area contributed by atoms with Gasteiger partial charge < -0.3 is 0 Å². The van der Waals surface area contributed by atoms with Gasteiger partial charge in [0, 0.05) is 21.5 Å².